The number of ether oxygens (including phenoxy) is 2. The van der Waals surface area contributed by atoms with E-state index >= 15 is 0 Å². The molecule has 0 aliphatic rings. The van der Waals surface area contributed by atoms with E-state index in [-0.39, 0.29) is 24.4 Å². The molecule has 0 amide bonds. The molecule has 0 fully saturated rings. The summed E-state index contributed by atoms with van der Waals surface area (Å²) in [7, 11) is -3.85. The van der Waals surface area contributed by atoms with E-state index in [9.17, 15) is 31.2 Å². The summed E-state index contributed by atoms with van der Waals surface area (Å²) in [5.74, 6) is -1.60. The molecule has 3 aromatic rings. The van der Waals surface area contributed by atoms with Crippen LogP contribution < -0.4 is 0 Å². The first-order valence-electron chi connectivity index (χ1n) is 10.8. The molecule has 12 heteroatoms. The van der Waals surface area contributed by atoms with Crippen molar-refractivity contribution >= 4 is 32.8 Å². The number of carbonyl (C=O) groups is 2. The van der Waals surface area contributed by atoms with Crippen LogP contribution in [0.15, 0.2) is 41.4 Å². The summed E-state index contributed by atoms with van der Waals surface area (Å²) in [4.78, 5) is 27.8. The van der Waals surface area contributed by atoms with E-state index in [4.69, 9.17) is 9.47 Å². The van der Waals surface area contributed by atoms with Crippen molar-refractivity contribution in [1.82, 2.24) is 9.55 Å². The molecule has 0 aliphatic heterocycles. The quantitative estimate of drug-likeness (QED) is 0.322. The molecule has 194 valence electrons. The number of hydrogen-bond acceptors (Lipinski definition) is 7. The van der Waals surface area contributed by atoms with Gasteiger partial charge in [0, 0.05) is 30.1 Å². The number of alkyl halides is 3. The molecule has 8 nitrogen and oxygen atoms in total. The van der Waals surface area contributed by atoms with Crippen LogP contribution in [0.2, 0.25) is 0 Å². The van der Waals surface area contributed by atoms with Crippen molar-refractivity contribution < 1.29 is 40.7 Å². The summed E-state index contributed by atoms with van der Waals surface area (Å²) in [6, 6.07) is 6.20. The molecule has 0 saturated heterocycles. The number of sulfone groups is 1. The number of fused-ring (bicyclic) bond motifs is 1. The summed E-state index contributed by atoms with van der Waals surface area (Å²) in [6.07, 6.45) is -2.70. The Kier molecular flexibility index (Phi) is 7.77. The zero-order valence-electron chi connectivity index (χ0n) is 20.0. The lowest BCUT2D eigenvalue weighted by Gasteiger charge is -2.16. The predicted octanol–water partition coefficient (Wildman–Crippen LogP) is 4.06. The van der Waals surface area contributed by atoms with Crippen molar-refractivity contribution in [2.75, 3.05) is 13.0 Å². The number of pyridine rings is 1. The smallest absolute Gasteiger partial charge is 0.416 e. The van der Waals surface area contributed by atoms with Crippen molar-refractivity contribution in [3.05, 3.63) is 58.9 Å². The highest BCUT2D eigenvalue weighted by Crippen LogP contribution is 2.35. The van der Waals surface area contributed by atoms with Crippen LogP contribution in [-0.4, -0.2) is 43.0 Å². The highest BCUT2D eigenvalue weighted by molar-refractivity contribution is 7.90. The predicted molar refractivity (Wildman–Crippen MR) is 124 cm³/mol. The monoisotopic (exact) mass is 526 g/mol. The largest absolute Gasteiger partial charge is 0.428 e. The Bertz CT molecular complexity index is 1410. The van der Waals surface area contributed by atoms with Crippen LogP contribution in [0.1, 0.15) is 36.2 Å². The number of carbonyl (C=O) groups excluding carboxylic acids is 2. The average molecular weight is 527 g/mol. The van der Waals surface area contributed by atoms with Gasteiger partial charge in [0.05, 0.1) is 22.8 Å². The van der Waals surface area contributed by atoms with Crippen LogP contribution in [0.5, 0.6) is 0 Å². The topological polar surface area (TPSA) is 105 Å². The van der Waals surface area contributed by atoms with Gasteiger partial charge in [0.25, 0.3) is 0 Å². The van der Waals surface area contributed by atoms with Crippen LogP contribution in [0.25, 0.3) is 11.0 Å². The Hall–Kier alpha value is -3.41. The van der Waals surface area contributed by atoms with E-state index in [1.54, 1.807) is 32.9 Å². The summed E-state index contributed by atoms with van der Waals surface area (Å²) < 4.78 is 76.4. The van der Waals surface area contributed by atoms with Gasteiger partial charge in [-0.15, -0.1) is 0 Å². The third kappa shape index (κ3) is 6.04. The van der Waals surface area contributed by atoms with Crippen molar-refractivity contribution in [2.45, 2.75) is 44.8 Å². The molecule has 0 unspecified atom stereocenters. The van der Waals surface area contributed by atoms with E-state index in [0.717, 1.165) is 18.4 Å². The van der Waals surface area contributed by atoms with Gasteiger partial charge in [-0.2, -0.15) is 13.2 Å². The van der Waals surface area contributed by atoms with Gasteiger partial charge in [0.1, 0.15) is 5.65 Å². The van der Waals surface area contributed by atoms with Crippen LogP contribution in [0.4, 0.5) is 13.2 Å². The third-order valence-electron chi connectivity index (χ3n) is 5.57. The van der Waals surface area contributed by atoms with Gasteiger partial charge >= 0.3 is 18.1 Å². The second-order valence-corrected chi connectivity index (χ2v) is 10.6. The summed E-state index contributed by atoms with van der Waals surface area (Å²) in [6.45, 7) is 4.09. The maximum Gasteiger partial charge on any atom is 0.416 e. The van der Waals surface area contributed by atoms with Gasteiger partial charge in [0.15, 0.2) is 9.84 Å². The van der Waals surface area contributed by atoms with E-state index in [1.807, 2.05) is 0 Å². The number of hydrogen-bond donors (Lipinski definition) is 0. The first kappa shape index (κ1) is 27.2. The Balaban J connectivity index is 1.96. The van der Waals surface area contributed by atoms with Gasteiger partial charge in [-0.3, -0.25) is 9.59 Å². The lowest BCUT2D eigenvalue weighted by atomic mass is 10.1. The lowest BCUT2D eigenvalue weighted by molar-refractivity contribution is -0.169. The Morgan fingerprint density at radius 3 is 2.44 bits per heavy atom. The van der Waals surface area contributed by atoms with Crippen LogP contribution in [-0.2, 0) is 48.0 Å². The lowest BCUT2D eigenvalue weighted by Crippen LogP contribution is -2.17. The fourth-order valence-corrected chi connectivity index (χ4v) is 4.30. The van der Waals surface area contributed by atoms with Gasteiger partial charge < -0.3 is 14.0 Å². The molecule has 0 spiro atoms. The SMILES string of the molecule is Cc1c(CC(=O)OCOC(=O)C(C)C)c2cccnc2n1Cc1ccc(S(C)(=O)=O)cc1C(F)(F)F. The number of halogens is 3. The first-order valence-corrected chi connectivity index (χ1v) is 12.7. The fraction of sp³-hybridized carbons (Fsp3) is 0.375. The van der Waals surface area contributed by atoms with Gasteiger partial charge in [0.2, 0.25) is 6.79 Å². The highest BCUT2D eigenvalue weighted by atomic mass is 32.2. The minimum absolute atomic E-state index is 0.157. The van der Waals surface area contributed by atoms with E-state index in [1.165, 1.54) is 10.8 Å². The van der Waals surface area contributed by atoms with Crippen LogP contribution in [0.3, 0.4) is 0 Å². The normalized spacial score (nSPS) is 12.2. The van der Waals surface area contributed by atoms with Crippen molar-refractivity contribution in [3.8, 4) is 0 Å². The van der Waals surface area contributed by atoms with Crippen molar-refractivity contribution in [1.29, 1.82) is 0 Å². The van der Waals surface area contributed by atoms with E-state index in [0.29, 0.717) is 28.4 Å². The molecule has 0 radical (unpaired) electrons. The van der Waals surface area contributed by atoms with Crippen molar-refractivity contribution in [3.63, 3.8) is 0 Å². The number of aromatic nitrogens is 2. The zero-order chi connectivity index (χ0) is 26.8. The van der Waals surface area contributed by atoms with Gasteiger partial charge in [-0.05, 0) is 42.3 Å². The Labute approximate surface area is 205 Å². The number of rotatable bonds is 8. The standard InChI is InChI=1S/C24H25F3N2O6S/c1-14(2)23(31)35-13-34-21(30)11-19-15(3)29(22-18(19)6-5-9-28-22)12-16-7-8-17(36(4,32)33)10-20(16)24(25,26)27/h5-10,14H,11-13H2,1-4H3. The summed E-state index contributed by atoms with van der Waals surface area (Å²) in [5, 5.41) is 0.549. The molecule has 2 aromatic heterocycles. The number of nitrogens with zero attached hydrogens (tertiary/aromatic N) is 2. The van der Waals surface area contributed by atoms with Crippen LogP contribution >= 0.6 is 0 Å². The third-order valence-corrected chi connectivity index (χ3v) is 6.68. The van der Waals surface area contributed by atoms with Gasteiger partial charge in [-0.25, -0.2) is 13.4 Å². The first-order chi connectivity index (χ1) is 16.7. The van der Waals surface area contributed by atoms with E-state index < -0.39 is 45.2 Å². The molecule has 36 heavy (non-hydrogen) atoms. The minimum atomic E-state index is -4.79. The maximum atomic E-state index is 13.8. The molecule has 0 aliphatic carbocycles. The molecular formula is C24H25F3N2O6S. The van der Waals surface area contributed by atoms with Gasteiger partial charge in [-0.1, -0.05) is 19.9 Å². The molecule has 2 heterocycles. The maximum absolute atomic E-state index is 13.8. The molecule has 3 rings (SSSR count). The summed E-state index contributed by atoms with van der Waals surface area (Å²) in [5.41, 5.74) is 0.106. The number of esters is 2. The minimum Gasteiger partial charge on any atom is -0.428 e. The van der Waals surface area contributed by atoms with E-state index in [2.05, 4.69) is 4.98 Å². The number of benzene rings is 1. The fourth-order valence-electron chi connectivity index (χ4n) is 3.65. The highest BCUT2D eigenvalue weighted by Gasteiger charge is 2.35. The second kappa shape index (κ2) is 10.3. The molecule has 1 aromatic carbocycles. The Morgan fingerprint density at radius 2 is 1.83 bits per heavy atom. The molecule has 0 N–H and O–H groups in total. The summed E-state index contributed by atoms with van der Waals surface area (Å²) >= 11 is 0. The zero-order valence-corrected chi connectivity index (χ0v) is 20.9. The molecule has 0 atom stereocenters. The van der Waals surface area contributed by atoms with Crippen LogP contribution in [0, 0.1) is 12.8 Å². The average Bonchev–Trinajstić information content (AvgIpc) is 3.03. The Morgan fingerprint density at radius 1 is 1.14 bits per heavy atom. The second-order valence-electron chi connectivity index (χ2n) is 8.54. The molecule has 0 saturated carbocycles. The molecule has 0 bridgehead atoms. The van der Waals surface area contributed by atoms with Crippen molar-refractivity contribution in [2.24, 2.45) is 5.92 Å². The molecular weight excluding hydrogens is 501 g/mol.